The first-order valence-electron chi connectivity index (χ1n) is 10.4. The average Bonchev–Trinajstić information content (AvgIpc) is 3.63. The minimum absolute atomic E-state index is 0.00671. The molecule has 2 aromatic carbocycles. The van der Waals surface area contributed by atoms with Crippen LogP contribution in [0.2, 0.25) is 0 Å². The van der Waals surface area contributed by atoms with Crippen molar-refractivity contribution in [3.8, 4) is 0 Å². The predicted molar refractivity (Wildman–Crippen MR) is 114 cm³/mol. The fourth-order valence-electron chi connectivity index (χ4n) is 3.97. The number of rotatable bonds is 4. The Bertz CT molecular complexity index is 1000. The van der Waals surface area contributed by atoms with Gasteiger partial charge in [0.25, 0.3) is 0 Å². The molecule has 5 rings (SSSR count). The number of carbonyl (C=O) groups is 1. The zero-order chi connectivity index (χ0) is 19.6. The third-order valence-electron chi connectivity index (χ3n) is 5.87. The van der Waals surface area contributed by atoms with E-state index in [2.05, 4.69) is 56.8 Å². The van der Waals surface area contributed by atoms with Gasteiger partial charge in [-0.1, -0.05) is 42.5 Å². The van der Waals surface area contributed by atoms with Gasteiger partial charge in [0.1, 0.15) is 0 Å². The van der Waals surface area contributed by atoms with E-state index in [1.165, 1.54) is 23.6 Å². The van der Waals surface area contributed by atoms with E-state index in [0.717, 1.165) is 30.2 Å². The summed E-state index contributed by atoms with van der Waals surface area (Å²) in [5.41, 5.74) is 2.25. The van der Waals surface area contributed by atoms with Gasteiger partial charge in [-0.05, 0) is 41.3 Å². The van der Waals surface area contributed by atoms with E-state index >= 15 is 0 Å². The Hall–Kier alpha value is -3.15. The van der Waals surface area contributed by atoms with Crippen LogP contribution >= 0.6 is 0 Å². The van der Waals surface area contributed by atoms with E-state index in [1.54, 1.807) is 0 Å². The van der Waals surface area contributed by atoms with Gasteiger partial charge < -0.3 is 15.1 Å². The van der Waals surface area contributed by atoms with Gasteiger partial charge in [-0.2, -0.15) is 5.10 Å². The molecule has 6 heteroatoms. The quantitative estimate of drug-likeness (QED) is 0.744. The number of piperazine rings is 1. The summed E-state index contributed by atoms with van der Waals surface area (Å²) in [6.45, 7) is 3.47. The molecule has 1 N–H and O–H groups in total. The molecule has 0 spiro atoms. The van der Waals surface area contributed by atoms with Crippen molar-refractivity contribution in [1.29, 1.82) is 0 Å². The van der Waals surface area contributed by atoms with Crippen molar-refractivity contribution < 1.29 is 4.79 Å². The zero-order valence-electron chi connectivity index (χ0n) is 16.4. The van der Waals surface area contributed by atoms with E-state index in [0.29, 0.717) is 25.6 Å². The Morgan fingerprint density at radius 2 is 1.72 bits per heavy atom. The van der Waals surface area contributed by atoms with E-state index < -0.39 is 0 Å². The van der Waals surface area contributed by atoms with Crippen LogP contribution in [-0.4, -0.2) is 47.3 Å². The highest BCUT2D eigenvalue weighted by Gasteiger charge is 2.26. The van der Waals surface area contributed by atoms with Crippen LogP contribution in [0.5, 0.6) is 0 Å². The minimum atomic E-state index is -0.00671. The largest absolute Gasteiger partial charge is 0.352 e. The summed E-state index contributed by atoms with van der Waals surface area (Å²) < 4.78 is 0. The second-order valence-electron chi connectivity index (χ2n) is 7.86. The Morgan fingerprint density at radius 3 is 2.48 bits per heavy atom. The van der Waals surface area contributed by atoms with Crippen molar-refractivity contribution in [3.05, 3.63) is 65.9 Å². The molecule has 2 heterocycles. The monoisotopic (exact) mass is 387 g/mol. The molecule has 148 valence electrons. The van der Waals surface area contributed by atoms with Crippen molar-refractivity contribution in [3.63, 3.8) is 0 Å². The summed E-state index contributed by atoms with van der Waals surface area (Å²) in [5.74, 6) is 1.53. The van der Waals surface area contributed by atoms with Crippen LogP contribution in [0, 0.1) is 0 Å². The zero-order valence-corrected chi connectivity index (χ0v) is 16.4. The molecule has 1 aliphatic carbocycles. The number of nitrogens with one attached hydrogen (secondary N) is 1. The highest BCUT2D eigenvalue weighted by Crippen LogP contribution is 2.38. The number of anilines is 1. The van der Waals surface area contributed by atoms with Crippen LogP contribution in [0.15, 0.2) is 54.6 Å². The number of fused-ring (bicyclic) bond motifs is 1. The summed E-state index contributed by atoms with van der Waals surface area (Å²) >= 11 is 0. The molecule has 2 fully saturated rings. The Morgan fingerprint density at radius 1 is 0.931 bits per heavy atom. The molecule has 0 radical (unpaired) electrons. The van der Waals surface area contributed by atoms with Gasteiger partial charge in [0.15, 0.2) is 5.82 Å². The lowest BCUT2D eigenvalue weighted by Gasteiger charge is -2.35. The molecule has 3 aromatic rings. The van der Waals surface area contributed by atoms with Crippen LogP contribution in [0.25, 0.3) is 10.8 Å². The van der Waals surface area contributed by atoms with Crippen molar-refractivity contribution in [2.75, 3.05) is 31.1 Å². The van der Waals surface area contributed by atoms with Crippen LogP contribution in [-0.2, 0) is 6.54 Å². The van der Waals surface area contributed by atoms with Crippen LogP contribution in [0.3, 0.4) is 0 Å². The molecule has 1 saturated heterocycles. The molecule has 2 aliphatic rings. The number of hydrogen-bond donors (Lipinski definition) is 1. The molecule has 2 amide bonds. The molecular formula is C23H25N5O. The summed E-state index contributed by atoms with van der Waals surface area (Å²) in [4.78, 5) is 16.7. The Labute approximate surface area is 170 Å². The van der Waals surface area contributed by atoms with E-state index in [4.69, 9.17) is 0 Å². The second kappa shape index (κ2) is 7.70. The van der Waals surface area contributed by atoms with E-state index in [9.17, 15) is 4.79 Å². The number of benzene rings is 2. The topological polar surface area (TPSA) is 61.4 Å². The first kappa shape index (κ1) is 17.9. The van der Waals surface area contributed by atoms with Crippen LogP contribution < -0.4 is 10.2 Å². The first-order valence-corrected chi connectivity index (χ1v) is 10.4. The lowest BCUT2D eigenvalue weighted by atomic mass is 10.0. The number of amides is 2. The lowest BCUT2D eigenvalue weighted by Crippen LogP contribution is -2.52. The summed E-state index contributed by atoms with van der Waals surface area (Å²) in [6, 6.07) is 18.6. The van der Waals surface area contributed by atoms with Gasteiger partial charge in [-0.15, -0.1) is 5.10 Å². The van der Waals surface area contributed by atoms with Crippen molar-refractivity contribution in [2.45, 2.75) is 25.3 Å². The standard InChI is InChI=1S/C23H25N5O/c29-23(24-16-19-6-3-5-17-4-1-2-7-20(17)19)28-14-12-27(13-15-28)22-11-10-21(25-26-22)18-8-9-18/h1-7,10-11,18H,8-9,12-16H2,(H,24,29). The lowest BCUT2D eigenvalue weighted by molar-refractivity contribution is 0.194. The van der Waals surface area contributed by atoms with E-state index in [-0.39, 0.29) is 6.03 Å². The smallest absolute Gasteiger partial charge is 0.317 e. The van der Waals surface area contributed by atoms with Gasteiger partial charge in [-0.3, -0.25) is 0 Å². The summed E-state index contributed by atoms with van der Waals surface area (Å²) in [6.07, 6.45) is 2.47. The van der Waals surface area contributed by atoms with Crippen molar-refractivity contribution >= 4 is 22.6 Å². The number of aromatic nitrogens is 2. The molecule has 0 atom stereocenters. The molecule has 0 unspecified atom stereocenters. The van der Waals surface area contributed by atoms with Gasteiger partial charge >= 0.3 is 6.03 Å². The number of nitrogens with zero attached hydrogens (tertiary/aromatic N) is 4. The van der Waals surface area contributed by atoms with Crippen LogP contribution in [0.1, 0.15) is 30.0 Å². The number of carbonyl (C=O) groups excluding carboxylic acids is 1. The first-order chi connectivity index (χ1) is 14.3. The number of hydrogen-bond acceptors (Lipinski definition) is 4. The minimum Gasteiger partial charge on any atom is -0.352 e. The SMILES string of the molecule is O=C(NCc1cccc2ccccc12)N1CCN(c2ccc(C3CC3)nn2)CC1. The fraction of sp³-hybridized carbons (Fsp3) is 0.348. The maximum Gasteiger partial charge on any atom is 0.317 e. The fourth-order valence-corrected chi connectivity index (χ4v) is 3.97. The molecule has 1 aliphatic heterocycles. The van der Waals surface area contributed by atoms with Gasteiger partial charge in [0.05, 0.1) is 5.69 Å². The highest BCUT2D eigenvalue weighted by atomic mass is 16.2. The molecule has 0 bridgehead atoms. The van der Waals surface area contributed by atoms with E-state index in [1.807, 2.05) is 23.1 Å². The highest BCUT2D eigenvalue weighted by molar-refractivity contribution is 5.86. The van der Waals surface area contributed by atoms with Crippen molar-refractivity contribution in [1.82, 2.24) is 20.4 Å². The Balaban J connectivity index is 1.16. The molecule has 6 nitrogen and oxygen atoms in total. The third kappa shape index (κ3) is 3.88. The summed E-state index contributed by atoms with van der Waals surface area (Å²) in [5, 5.41) is 14.2. The van der Waals surface area contributed by atoms with Gasteiger partial charge in [-0.25, -0.2) is 4.79 Å². The summed E-state index contributed by atoms with van der Waals surface area (Å²) in [7, 11) is 0. The van der Waals surface area contributed by atoms with Gasteiger partial charge in [0, 0.05) is 38.6 Å². The molecule has 29 heavy (non-hydrogen) atoms. The predicted octanol–water partition coefficient (Wildman–Crippen LogP) is 3.54. The normalized spacial score (nSPS) is 16.8. The molecule has 1 aromatic heterocycles. The third-order valence-corrected chi connectivity index (χ3v) is 5.87. The second-order valence-corrected chi connectivity index (χ2v) is 7.86. The molecular weight excluding hydrogens is 362 g/mol. The van der Waals surface area contributed by atoms with Crippen molar-refractivity contribution in [2.24, 2.45) is 0 Å². The average molecular weight is 387 g/mol. The van der Waals surface area contributed by atoms with Gasteiger partial charge in [0.2, 0.25) is 0 Å². The Kier molecular flexibility index (Phi) is 4.76. The number of urea groups is 1. The van der Waals surface area contributed by atoms with Crippen LogP contribution in [0.4, 0.5) is 10.6 Å². The maximum absolute atomic E-state index is 12.6. The maximum atomic E-state index is 12.6. The molecule has 1 saturated carbocycles.